The third kappa shape index (κ3) is 1.92. The van der Waals surface area contributed by atoms with E-state index < -0.39 is 0 Å². The molecule has 0 spiro atoms. The molecule has 1 saturated heterocycles. The van der Waals surface area contributed by atoms with E-state index in [-0.39, 0.29) is 6.04 Å². The Hall–Kier alpha value is -0.870. The zero-order chi connectivity index (χ0) is 11.0. The molecule has 2 N–H and O–H groups in total. The summed E-state index contributed by atoms with van der Waals surface area (Å²) < 4.78 is 2.09. The fourth-order valence-corrected chi connectivity index (χ4v) is 2.05. The van der Waals surface area contributed by atoms with Crippen LogP contribution in [-0.4, -0.2) is 33.8 Å². The van der Waals surface area contributed by atoms with Crippen molar-refractivity contribution in [2.24, 2.45) is 5.73 Å². The predicted molar refractivity (Wildman–Crippen MR) is 60.6 cm³/mol. The average molecular weight is 208 g/mol. The lowest BCUT2D eigenvalue weighted by Crippen LogP contribution is -2.51. The Morgan fingerprint density at radius 1 is 1.40 bits per heavy atom. The van der Waals surface area contributed by atoms with Gasteiger partial charge in [0.05, 0.1) is 11.7 Å². The highest BCUT2D eigenvalue weighted by atomic mass is 15.4. The first-order chi connectivity index (χ1) is 7.09. The lowest BCUT2D eigenvalue weighted by molar-refractivity contribution is 0.0653. The molecule has 1 fully saturated rings. The largest absolute Gasteiger partial charge is 0.323 e. The maximum Gasteiger partial charge on any atom is 0.0776 e. The summed E-state index contributed by atoms with van der Waals surface area (Å²) in [5, 5.41) is 4.36. The van der Waals surface area contributed by atoms with Crippen LogP contribution in [0.5, 0.6) is 0 Å². The molecule has 2 heterocycles. The number of aromatic nitrogens is 2. The first-order valence-corrected chi connectivity index (χ1v) is 5.62. The van der Waals surface area contributed by atoms with Crippen LogP contribution < -0.4 is 5.73 Å². The molecule has 0 amide bonds. The summed E-state index contributed by atoms with van der Waals surface area (Å²) in [7, 11) is 0. The molecule has 1 aromatic rings. The summed E-state index contributed by atoms with van der Waals surface area (Å²) in [6.45, 7) is 8.65. The molecule has 1 unspecified atom stereocenters. The van der Waals surface area contributed by atoms with Crippen LogP contribution in [0.3, 0.4) is 0 Å². The standard InChI is InChI=1S/C11H20N4/c1-8(2)14-6-10(7-14)15-11(9(3)12)4-5-13-15/h4-5,8-10H,6-7,12H2,1-3H3. The van der Waals surface area contributed by atoms with Crippen LogP contribution in [0.15, 0.2) is 12.3 Å². The summed E-state index contributed by atoms with van der Waals surface area (Å²) in [6.07, 6.45) is 1.84. The maximum atomic E-state index is 5.90. The number of likely N-dealkylation sites (tertiary alicyclic amines) is 1. The Bertz CT molecular complexity index is 323. The third-order valence-corrected chi connectivity index (χ3v) is 3.13. The molecule has 1 atom stereocenters. The summed E-state index contributed by atoms with van der Waals surface area (Å²) in [5.41, 5.74) is 7.04. The summed E-state index contributed by atoms with van der Waals surface area (Å²) in [6, 6.07) is 3.24. The van der Waals surface area contributed by atoms with Crippen molar-refractivity contribution in [2.75, 3.05) is 13.1 Å². The molecule has 0 saturated carbocycles. The normalized spacial score (nSPS) is 20.6. The molecule has 1 aromatic heterocycles. The van der Waals surface area contributed by atoms with E-state index >= 15 is 0 Å². The lowest BCUT2D eigenvalue weighted by atomic mass is 10.1. The molecule has 4 heteroatoms. The minimum Gasteiger partial charge on any atom is -0.323 e. The summed E-state index contributed by atoms with van der Waals surface area (Å²) in [5.74, 6) is 0. The number of hydrogen-bond donors (Lipinski definition) is 1. The molecule has 0 radical (unpaired) electrons. The van der Waals surface area contributed by atoms with Gasteiger partial charge in [0, 0.05) is 31.4 Å². The van der Waals surface area contributed by atoms with E-state index in [9.17, 15) is 0 Å². The fourth-order valence-electron chi connectivity index (χ4n) is 2.05. The van der Waals surface area contributed by atoms with Crippen LogP contribution in [0.2, 0.25) is 0 Å². The summed E-state index contributed by atoms with van der Waals surface area (Å²) in [4.78, 5) is 2.44. The molecular weight excluding hydrogens is 188 g/mol. The Kier molecular flexibility index (Phi) is 2.80. The third-order valence-electron chi connectivity index (χ3n) is 3.13. The van der Waals surface area contributed by atoms with Gasteiger partial charge in [0.25, 0.3) is 0 Å². The monoisotopic (exact) mass is 208 g/mol. The van der Waals surface area contributed by atoms with Crippen LogP contribution in [0.1, 0.15) is 38.5 Å². The molecule has 4 nitrogen and oxygen atoms in total. The van der Waals surface area contributed by atoms with Gasteiger partial charge >= 0.3 is 0 Å². The van der Waals surface area contributed by atoms with Gasteiger partial charge in [-0.1, -0.05) is 0 Å². The van der Waals surface area contributed by atoms with Crippen molar-refractivity contribution in [1.82, 2.24) is 14.7 Å². The molecule has 15 heavy (non-hydrogen) atoms. The van der Waals surface area contributed by atoms with Crippen molar-refractivity contribution in [3.05, 3.63) is 18.0 Å². The maximum absolute atomic E-state index is 5.90. The van der Waals surface area contributed by atoms with E-state index in [4.69, 9.17) is 5.73 Å². The van der Waals surface area contributed by atoms with Gasteiger partial charge in [-0.15, -0.1) is 0 Å². The minimum absolute atomic E-state index is 0.0700. The van der Waals surface area contributed by atoms with Crippen molar-refractivity contribution >= 4 is 0 Å². The first kappa shape index (κ1) is 10.6. The van der Waals surface area contributed by atoms with Gasteiger partial charge in [-0.05, 0) is 26.8 Å². The van der Waals surface area contributed by atoms with E-state index in [0.29, 0.717) is 12.1 Å². The average Bonchev–Trinajstić information content (AvgIpc) is 2.48. The van der Waals surface area contributed by atoms with Crippen LogP contribution in [0.25, 0.3) is 0 Å². The van der Waals surface area contributed by atoms with Crippen molar-refractivity contribution in [3.63, 3.8) is 0 Å². The molecule has 0 bridgehead atoms. The number of hydrogen-bond acceptors (Lipinski definition) is 3. The van der Waals surface area contributed by atoms with E-state index in [0.717, 1.165) is 18.8 Å². The Labute approximate surface area is 91.1 Å². The van der Waals surface area contributed by atoms with E-state index in [1.807, 2.05) is 19.2 Å². The lowest BCUT2D eigenvalue weighted by Gasteiger charge is -2.42. The number of nitrogens with zero attached hydrogens (tertiary/aromatic N) is 3. The van der Waals surface area contributed by atoms with Gasteiger partial charge in [0.15, 0.2) is 0 Å². The molecule has 84 valence electrons. The van der Waals surface area contributed by atoms with Crippen LogP contribution in [0.4, 0.5) is 0 Å². The highest BCUT2D eigenvalue weighted by Crippen LogP contribution is 2.25. The molecule has 1 aliphatic heterocycles. The van der Waals surface area contributed by atoms with Crippen LogP contribution >= 0.6 is 0 Å². The number of rotatable bonds is 3. The SMILES string of the molecule is CC(N)c1ccnn1C1CN(C(C)C)C1. The minimum atomic E-state index is 0.0700. The van der Waals surface area contributed by atoms with Gasteiger partial charge in [-0.25, -0.2) is 0 Å². The second kappa shape index (κ2) is 3.94. The van der Waals surface area contributed by atoms with Gasteiger partial charge in [0.1, 0.15) is 0 Å². The van der Waals surface area contributed by atoms with Crippen molar-refractivity contribution in [3.8, 4) is 0 Å². The van der Waals surface area contributed by atoms with Crippen LogP contribution in [0, 0.1) is 0 Å². The predicted octanol–water partition coefficient (Wildman–Crippen LogP) is 1.17. The topological polar surface area (TPSA) is 47.1 Å². The zero-order valence-corrected chi connectivity index (χ0v) is 9.72. The van der Waals surface area contributed by atoms with Gasteiger partial charge in [0.2, 0.25) is 0 Å². The van der Waals surface area contributed by atoms with E-state index in [1.165, 1.54) is 0 Å². The van der Waals surface area contributed by atoms with Crippen LogP contribution in [-0.2, 0) is 0 Å². The Morgan fingerprint density at radius 3 is 2.60 bits per heavy atom. The van der Waals surface area contributed by atoms with Crippen molar-refractivity contribution in [2.45, 2.75) is 38.9 Å². The highest BCUT2D eigenvalue weighted by Gasteiger charge is 2.31. The van der Waals surface area contributed by atoms with E-state index in [1.54, 1.807) is 0 Å². The first-order valence-electron chi connectivity index (χ1n) is 5.62. The second-order valence-corrected chi connectivity index (χ2v) is 4.69. The second-order valence-electron chi connectivity index (χ2n) is 4.69. The molecule has 1 aliphatic rings. The van der Waals surface area contributed by atoms with Crippen molar-refractivity contribution < 1.29 is 0 Å². The van der Waals surface area contributed by atoms with E-state index in [2.05, 4.69) is 28.5 Å². The van der Waals surface area contributed by atoms with Crippen molar-refractivity contribution in [1.29, 1.82) is 0 Å². The van der Waals surface area contributed by atoms with Gasteiger partial charge < -0.3 is 5.73 Å². The quantitative estimate of drug-likeness (QED) is 0.811. The fraction of sp³-hybridized carbons (Fsp3) is 0.727. The van der Waals surface area contributed by atoms with Gasteiger partial charge in [-0.2, -0.15) is 5.10 Å². The molecule has 0 aromatic carbocycles. The summed E-state index contributed by atoms with van der Waals surface area (Å²) >= 11 is 0. The molecular formula is C11H20N4. The zero-order valence-electron chi connectivity index (χ0n) is 9.72. The molecule has 2 rings (SSSR count). The smallest absolute Gasteiger partial charge is 0.0776 e. The van der Waals surface area contributed by atoms with Gasteiger partial charge in [-0.3, -0.25) is 9.58 Å². The Balaban J connectivity index is 2.03. The number of nitrogens with two attached hydrogens (primary N) is 1. The molecule has 0 aliphatic carbocycles. The highest BCUT2D eigenvalue weighted by molar-refractivity contribution is 5.08. The Morgan fingerprint density at radius 2 is 2.07 bits per heavy atom.